The van der Waals surface area contributed by atoms with Gasteiger partial charge in [0, 0.05) is 11.6 Å². The predicted molar refractivity (Wildman–Crippen MR) is 88.7 cm³/mol. The Morgan fingerprint density at radius 1 is 1.00 bits per heavy atom. The van der Waals surface area contributed by atoms with Gasteiger partial charge in [-0.1, -0.05) is 54.6 Å². The monoisotopic (exact) mass is 275 g/mol. The van der Waals surface area contributed by atoms with Gasteiger partial charge in [0.15, 0.2) is 0 Å². The molecule has 2 aromatic carbocycles. The summed E-state index contributed by atoms with van der Waals surface area (Å²) < 4.78 is 0. The molecule has 1 nitrogen and oxygen atoms in total. The topological polar surface area (TPSA) is 12.0 Å². The SMILES string of the molecule is Cc1ccc2c(c1C)N[C@H](c1ccccc1)[C@@H]1CC=C[C@@H]21. The average molecular weight is 275 g/mol. The summed E-state index contributed by atoms with van der Waals surface area (Å²) in [5.74, 6) is 1.20. The smallest absolute Gasteiger partial charge is 0.0554 e. The zero-order chi connectivity index (χ0) is 14.4. The van der Waals surface area contributed by atoms with Crippen LogP contribution in [-0.2, 0) is 0 Å². The van der Waals surface area contributed by atoms with Crippen LogP contribution in [0.25, 0.3) is 0 Å². The number of hydrogen-bond acceptors (Lipinski definition) is 1. The van der Waals surface area contributed by atoms with Crippen LogP contribution in [0.4, 0.5) is 5.69 Å². The first kappa shape index (κ1) is 12.7. The van der Waals surface area contributed by atoms with Gasteiger partial charge in [-0.2, -0.15) is 0 Å². The van der Waals surface area contributed by atoms with Crippen LogP contribution in [0.5, 0.6) is 0 Å². The van der Waals surface area contributed by atoms with Gasteiger partial charge < -0.3 is 5.32 Å². The minimum atomic E-state index is 0.416. The molecule has 0 aromatic heterocycles. The van der Waals surface area contributed by atoms with Crippen LogP contribution in [0.1, 0.15) is 40.6 Å². The summed E-state index contributed by atoms with van der Waals surface area (Å²) >= 11 is 0. The van der Waals surface area contributed by atoms with Gasteiger partial charge in [-0.15, -0.1) is 0 Å². The fraction of sp³-hybridized carbons (Fsp3) is 0.300. The first-order chi connectivity index (χ1) is 10.3. The third kappa shape index (κ3) is 1.91. The van der Waals surface area contributed by atoms with Crippen molar-refractivity contribution in [3.63, 3.8) is 0 Å². The van der Waals surface area contributed by atoms with Crippen molar-refractivity contribution in [1.29, 1.82) is 0 Å². The van der Waals surface area contributed by atoms with Gasteiger partial charge in [0.25, 0.3) is 0 Å². The summed E-state index contributed by atoms with van der Waals surface area (Å²) in [4.78, 5) is 0. The molecule has 1 heterocycles. The minimum Gasteiger partial charge on any atom is -0.377 e. The molecule has 0 saturated heterocycles. The molecule has 2 aromatic rings. The van der Waals surface area contributed by atoms with E-state index in [1.807, 2.05) is 0 Å². The van der Waals surface area contributed by atoms with E-state index in [1.165, 1.54) is 34.4 Å². The largest absolute Gasteiger partial charge is 0.377 e. The Hall–Kier alpha value is -2.02. The standard InChI is InChI=1S/C20H21N/c1-13-11-12-18-16-9-6-10-17(16)20(21-19(18)14(13)2)15-7-4-3-5-8-15/h3-9,11-12,16-17,20-21H,10H2,1-2H3/t16-,17-,20-/m1/s1. The van der Waals surface area contributed by atoms with E-state index in [-0.39, 0.29) is 0 Å². The summed E-state index contributed by atoms with van der Waals surface area (Å²) in [5.41, 5.74) is 7.00. The van der Waals surface area contributed by atoms with Crippen LogP contribution in [0.15, 0.2) is 54.6 Å². The van der Waals surface area contributed by atoms with Gasteiger partial charge in [-0.25, -0.2) is 0 Å². The quantitative estimate of drug-likeness (QED) is 0.711. The number of benzene rings is 2. The maximum Gasteiger partial charge on any atom is 0.0554 e. The molecule has 106 valence electrons. The van der Waals surface area contributed by atoms with Crippen molar-refractivity contribution in [2.24, 2.45) is 5.92 Å². The zero-order valence-electron chi connectivity index (χ0n) is 12.6. The summed E-state index contributed by atoms with van der Waals surface area (Å²) in [7, 11) is 0. The Labute approximate surface area is 126 Å². The first-order valence-electron chi connectivity index (χ1n) is 7.84. The van der Waals surface area contributed by atoms with Gasteiger partial charge in [-0.3, -0.25) is 0 Å². The highest BCUT2D eigenvalue weighted by atomic mass is 15.0. The van der Waals surface area contributed by atoms with Gasteiger partial charge in [0.2, 0.25) is 0 Å². The maximum atomic E-state index is 3.85. The number of nitrogens with one attached hydrogen (secondary N) is 1. The molecular weight excluding hydrogens is 254 g/mol. The molecule has 21 heavy (non-hydrogen) atoms. The lowest BCUT2D eigenvalue weighted by Gasteiger charge is -2.38. The predicted octanol–water partition coefficient (Wildman–Crippen LogP) is 5.13. The van der Waals surface area contributed by atoms with Crippen LogP contribution >= 0.6 is 0 Å². The number of rotatable bonds is 1. The van der Waals surface area contributed by atoms with Crippen molar-refractivity contribution in [3.05, 3.63) is 76.9 Å². The Balaban J connectivity index is 1.85. The fourth-order valence-electron chi connectivity index (χ4n) is 3.91. The minimum absolute atomic E-state index is 0.416. The highest BCUT2D eigenvalue weighted by molar-refractivity contribution is 5.65. The number of hydrogen-bond donors (Lipinski definition) is 1. The van der Waals surface area contributed by atoms with E-state index in [0.29, 0.717) is 17.9 Å². The van der Waals surface area contributed by atoms with Crippen molar-refractivity contribution in [1.82, 2.24) is 0 Å². The molecule has 0 fully saturated rings. The third-order valence-electron chi connectivity index (χ3n) is 5.23. The normalized spacial score (nSPS) is 26.1. The molecule has 0 radical (unpaired) electrons. The van der Waals surface area contributed by atoms with Crippen molar-refractivity contribution >= 4 is 5.69 Å². The first-order valence-corrected chi connectivity index (χ1v) is 7.84. The number of fused-ring (bicyclic) bond motifs is 3. The maximum absolute atomic E-state index is 3.85. The third-order valence-corrected chi connectivity index (χ3v) is 5.23. The van der Waals surface area contributed by atoms with Crippen LogP contribution in [0.2, 0.25) is 0 Å². The molecule has 4 rings (SSSR count). The molecule has 0 spiro atoms. The van der Waals surface area contributed by atoms with E-state index < -0.39 is 0 Å². The molecule has 1 heteroatoms. The van der Waals surface area contributed by atoms with E-state index in [0.717, 1.165) is 0 Å². The second kappa shape index (κ2) is 4.77. The van der Waals surface area contributed by atoms with Crippen LogP contribution in [-0.4, -0.2) is 0 Å². The highest BCUT2D eigenvalue weighted by Crippen LogP contribution is 2.50. The Kier molecular flexibility index (Phi) is 2.88. The molecule has 0 amide bonds. The van der Waals surface area contributed by atoms with Crippen molar-refractivity contribution in [2.45, 2.75) is 32.2 Å². The lowest BCUT2D eigenvalue weighted by Crippen LogP contribution is -2.29. The Morgan fingerprint density at radius 3 is 2.62 bits per heavy atom. The Morgan fingerprint density at radius 2 is 1.81 bits per heavy atom. The van der Waals surface area contributed by atoms with Gasteiger partial charge in [0.1, 0.15) is 0 Å². The zero-order valence-corrected chi connectivity index (χ0v) is 12.6. The van der Waals surface area contributed by atoms with Crippen molar-refractivity contribution in [2.75, 3.05) is 5.32 Å². The Bertz CT molecular complexity index is 699. The van der Waals surface area contributed by atoms with Gasteiger partial charge in [0.05, 0.1) is 6.04 Å². The second-order valence-electron chi connectivity index (χ2n) is 6.36. The van der Waals surface area contributed by atoms with E-state index in [4.69, 9.17) is 0 Å². The molecule has 1 N–H and O–H groups in total. The fourth-order valence-corrected chi connectivity index (χ4v) is 3.91. The molecular formula is C20H21N. The van der Waals surface area contributed by atoms with Crippen LogP contribution in [0.3, 0.4) is 0 Å². The number of allylic oxidation sites excluding steroid dienone is 2. The second-order valence-corrected chi connectivity index (χ2v) is 6.36. The number of anilines is 1. The van der Waals surface area contributed by atoms with E-state index in [9.17, 15) is 0 Å². The van der Waals surface area contributed by atoms with Gasteiger partial charge in [-0.05, 0) is 48.4 Å². The number of aryl methyl sites for hydroxylation is 1. The lowest BCUT2D eigenvalue weighted by molar-refractivity contribution is 0.425. The molecule has 0 saturated carbocycles. The molecule has 1 aliphatic heterocycles. The van der Waals surface area contributed by atoms with E-state index >= 15 is 0 Å². The van der Waals surface area contributed by atoms with Crippen molar-refractivity contribution in [3.8, 4) is 0 Å². The average Bonchev–Trinajstić information content (AvgIpc) is 3.00. The molecule has 0 bridgehead atoms. The van der Waals surface area contributed by atoms with Crippen LogP contribution in [0, 0.1) is 19.8 Å². The lowest BCUT2D eigenvalue weighted by atomic mass is 9.76. The highest BCUT2D eigenvalue weighted by Gasteiger charge is 2.38. The molecule has 2 aliphatic rings. The summed E-state index contributed by atoms with van der Waals surface area (Å²) in [6, 6.07) is 15.9. The van der Waals surface area contributed by atoms with Crippen LogP contribution < -0.4 is 5.32 Å². The summed E-state index contributed by atoms with van der Waals surface area (Å²) in [6.45, 7) is 4.44. The molecule has 1 aliphatic carbocycles. The summed E-state index contributed by atoms with van der Waals surface area (Å²) in [6.07, 6.45) is 5.94. The summed E-state index contributed by atoms with van der Waals surface area (Å²) in [5, 5.41) is 3.85. The van der Waals surface area contributed by atoms with Gasteiger partial charge >= 0.3 is 0 Å². The van der Waals surface area contributed by atoms with E-state index in [1.54, 1.807) is 0 Å². The van der Waals surface area contributed by atoms with Crippen molar-refractivity contribution < 1.29 is 0 Å². The molecule has 0 unspecified atom stereocenters. The molecule has 3 atom stereocenters. The van der Waals surface area contributed by atoms with E-state index in [2.05, 4.69) is 73.8 Å².